The van der Waals surface area contributed by atoms with Gasteiger partial charge in [-0.2, -0.15) is 0 Å². The van der Waals surface area contributed by atoms with Crippen molar-refractivity contribution in [2.75, 3.05) is 5.32 Å². The maximum Gasteiger partial charge on any atom is 0.326 e. The molecule has 0 heterocycles. The number of rotatable bonds is 5. The van der Waals surface area contributed by atoms with Gasteiger partial charge in [-0.15, -0.1) is 0 Å². The summed E-state index contributed by atoms with van der Waals surface area (Å²) in [5.41, 5.74) is 0.413. The standard InChI is InChI=1S/C11H10Br2N2O5/c12-5-1-2-6(13)7(3-5)14-11(20)15-8(10(18)19)4-9(16)17/h1-3,8H,4H2,(H,16,17)(H,18,19)(H2,14,15,20)/t8-/m0/s1. The molecule has 0 unspecified atom stereocenters. The number of carbonyl (C=O) groups is 3. The summed E-state index contributed by atoms with van der Waals surface area (Å²) in [6, 6.07) is 2.73. The molecule has 7 nitrogen and oxygen atoms in total. The second-order valence-electron chi connectivity index (χ2n) is 3.71. The molecule has 1 aromatic carbocycles. The van der Waals surface area contributed by atoms with Crippen LogP contribution in [0.2, 0.25) is 0 Å². The van der Waals surface area contributed by atoms with Crippen LogP contribution in [0.5, 0.6) is 0 Å². The highest BCUT2D eigenvalue weighted by Gasteiger charge is 2.23. The van der Waals surface area contributed by atoms with Crippen LogP contribution in [0.3, 0.4) is 0 Å². The van der Waals surface area contributed by atoms with Gasteiger partial charge in [0.1, 0.15) is 6.04 Å². The monoisotopic (exact) mass is 408 g/mol. The molecule has 4 N–H and O–H groups in total. The zero-order valence-electron chi connectivity index (χ0n) is 9.89. The van der Waals surface area contributed by atoms with Gasteiger partial charge in [-0.1, -0.05) is 15.9 Å². The Balaban J connectivity index is 2.72. The van der Waals surface area contributed by atoms with E-state index in [-0.39, 0.29) is 0 Å². The van der Waals surface area contributed by atoms with Crippen LogP contribution >= 0.6 is 31.9 Å². The van der Waals surface area contributed by atoms with Gasteiger partial charge in [0, 0.05) is 8.95 Å². The first-order chi connectivity index (χ1) is 9.29. The normalized spacial score (nSPS) is 11.5. The second kappa shape index (κ2) is 7.25. The Labute approximate surface area is 130 Å². The molecule has 0 fully saturated rings. The van der Waals surface area contributed by atoms with Gasteiger partial charge in [-0.3, -0.25) is 4.79 Å². The van der Waals surface area contributed by atoms with E-state index in [0.29, 0.717) is 10.2 Å². The molecule has 0 saturated heterocycles. The van der Waals surface area contributed by atoms with E-state index in [1.54, 1.807) is 18.2 Å². The fourth-order valence-corrected chi connectivity index (χ4v) is 1.99. The van der Waals surface area contributed by atoms with Gasteiger partial charge in [0.2, 0.25) is 0 Å². The Kier molecular flexibility index (Phi) is 5.96. The van der Waals surface area contributed by atoms with Gasteiger partial charge in [0.05, 0.1) is 12.1 Å². The average Bonchev–Trinajstić information content (AvgIpc) is 2.32. The molecule has 2 amide bonds. The summed E-state index contributed by atoms with van der Waals surface area (Å²) in [7, 11) is 0. The number of aliphatic carboxylic acids is 2. The number of hydrogen-bond donors (Lipinski definition) is 4. The molecule has 108 valence electrons. The van der Waals surface area contributed by atoms with Crippen LogP contribution in [0.15, 0.2) is 27.1 Å². The second-order valence-corrected chi connectivity index (χ2v) is 5.48. The van der Waals surface area contributed by atoms with Gasteiger partial charge in [-0.05, 0) is 34.1 Å². The summed E-state index contributed by atoms with van der Waals surface area (Å²) in [5.74, 6) is -2.74. The molecule has 0 aliphatic rings. The van der Waals surface area contributed by atoms with E-state index < -0.39 is 30.4 Å². The van der Waals surface area contributed by atoms with Crippen LogP contribution in [-0.2, 0) is 9.59 Å². The van der Waals surface area contributed by atoms with E-state index in [1.807, 2.05) is 0 Å². The Hall–Kier alpha value is -1.61. The van der Waals surface area contributed by atoms with Gasteiger partial charge < -0.3 is 20.8 Å². The number of carboxylic acid groups (broad SMARTS) is 2. The highest BCUT2D eigenvalue weighted by atomic mass is 79.9. The number of hydrogen-bond acceptors (Lipinski definition) is 3. The van der Waals surface area contributed by atoms with Crippen LogP contribution in [0.25, 0.3) is 0 Å². The Morgan fingerprint density at radius 3 is 2.40 bits per heavy atom. The molecule has 0 bridgehead atoms. The molecular formula is C11H10Br2N2O5. The van der Waals surface area contributed by atoms with Crippen molar-refractivity contribution in [3.8, 4) is 0 Å². The molecule has 0 aliphatic carbocycles. The van der Waals surface area contributed by atoms with Crippen molar-refractivity contribution in [2.45, 2.75) is 12.5 Å². The zero-order chi connectivity index (χ0) is 15.3. The first-order valence-corrected chi connectivity index (χ1v) is 6.85. The molecular weight excluding hydrogens is 400 g/mol. The third-order valence-corrected chi connectivity index (χ3v) is 3.34. The van der Waals surface area contributed by atoms with Crippen LogP contribution in [-0.4, -0.2) is 34.2 Å². The summed E-state index contributed by atoms with van der Waals surface area (Å²) in [6.45, 7) is 0. The molecule has 1 rings (SSSR count). The highest BCUT2D eigenvalue weighted by Crippen LogP contribution is 2.26. The lowest BCUT2D eigenvalue weighted by Gasteiger charge is -2.14. The molecule has 0 saturated carbocycles. The zero-order valence-corrected chi connectivity index (χ0v) is 13.1. The maximum absolute atomic E-state index is 11.7. The molecule has 1 atom stereocenters. The van der Waals surface area contributed by atoms with Gasteiger partial charge in [0.25, 0.3) is 0 Å². The first-order valence-electron chi connectivity index (χ1n) is 5.26. The van der Waals surface area contributed by atoms with E-state index in [1.165, 1.54) is 0 Å². The average molecular weight is 410 g/mol. The number of anilines is 1. The van der Waals surface area contributed by atoms with E-state index >= 15 is 0 Å². The van der Waals surface area contributed by atoms with Crippen molar-refractivity contribution in [1.82, 2.24) is 5.32 Å². The fraction of sp³-hybridized carbons (Fsp3) is 0.182. The molecule has 20 heavy (non-hydrogen) atoms. The number of nitrogens with one attached hydrogen (secondary N) is 2. The summed E-state index contributed by atoms with van der Waals surface area (Å²) in [4.78, 5) is 33.0. The largest absolute Gasteiger partial charge is 0.481 e. The van der Waals surface area contributed by atoms with Crippen molar-refractivity contribution in [3.63, 3.8) is 0 Å². The van der Waals surface area contributed by atoms with Crippen LogP contribution < -0.4 is 10.6 Å². The minimum atomic E-state index is -1.50. The lowest BCUT2D eigenvalue weighted by Crippen LogP contribution is -2.44. The van der Waals surface area contributed by atoms with Crippen molar-refractivity contribution < 1.29 is 24.6 Å². The number of amides is 2. The number of benzene rings is 1. The van der Waals surface area contributed by atoms with Crippen molar-refractivity contribution in [3.05, 3.63) is 27.1 Å². The SMILES string of the molecule is O=C(O)C[C@H](NC(=O)Nc1cc(Br)ccc1Br)C(=O)O. The maximum atomic E-state index is 11.7. The van der Waals surface area contributed by atoms with Crippen molar-refractivity contribution >= 4 is 55.5 Å². The van der Waals surface area contributed by atoms with Crippen molar-refractivity contribution in [1.29, 1.82) is 0 Å². The minimum absolute atomic E-state index is 0.413. The Bertz CT molecular complexity index is 550. The van der Waals surface area contributed by atoms with Crippen molar-refractivity contribution in [2.24, 2.45) is 0 Å². The molecule has 0 aliphatic heterocycles. The molecule has 0 radical (unpaired) electrons. The fourth-order valence-electron chi connectivity index (χ4n) is 1.28. The Morgan fingerprint density at radius 2 is 1.85 bits per heavy atom. The number of urea groups is 1. The van der Waals surface area contributed by atoms with Crippen LogP contribution in [0.4, 0.5) is 10.5 Å². The van der Waals surface area contributed by atoms with E-state index in [0.717, 1.165) is 4.47 Å². The van der Waals surface area contributed by atoms with E-state index in [9.17, 15) is 14.4 Å². The number of halogens is 2. The number of carbonyl (C=O) groups excluding carboxylic acids is 1. The summed E-state index contributed by atoms with van der Waals surface area (Å²) >= 11 is 6.45. The van der Waals surface area contributed by atoms with Gasteiger partial charge in [-0.25, -0.2) is 9.59 Å². The highest BCUT2D eigenvalue weighted by molar-refractivity contribution is 9.11. The lowest BCUT2D eigenvalue weighted by atomic mass is 10.2. The topological polar surface area (TPSA) is 116 Å². The Morgan fingerprint density at radius 1 is 1.20 bits per heavy atom. The minimum Gasteiger partial charge on any atom is -0.481 e. The predicted molar refractivity (Wildman–Crippen MR) is 77.7 cm³/mol. The lowest BCUT2D eigenvalue weighted by molar-refractivity contribution is -0.145. The smallest absolute Gasteiger partial charge is 0.326 e. The predicted octanol–water partition coefficient (Wildman–Crippen LogP) is 2.26. The van der Waals surface area contributed by atoms with Crippen LogP contribution in [0, 0.1) is 0 Å². The van der Waals surface area contributed by atoms with Gasteiger partial charge in [0.15, 0.2) is 0 Å². The van der Waals surface area contributed by atoms with Crippen LogP contribution in [0.1, 0.15) is 6.42 Å². The quantitative estimate of drug-likeness (QED) is 0.595. The summed E-state index contributed by atoms with van der Waals surface area (Å²) in [6.07, 6.45) is -0.706. The van der Waals surface area contributed by atoms with Gasteiger partial charge >= 0.3 is 18.0 Å². The van der Waals surface area contributed by atoms with E-state index in [2.05, 4.69) is 42.5 Å². The number of carboxylic acids is 2. The molecule has 0 aromatic heterocycles. The third kappa shape index (κ3) is 5.17. The third-order valence-electron chi connectivity index (χ3n) is 2.16. The van der Waals surface area contributed by atoms with E-state index in [4.69, 9.17) is 10.2 Å². The first kappa shape index (κ1) is 16.4. The molecule has 1 aromatic rings. The molecule has 0 spiro atoms. The summed E-state index contributed by atoms with van der Waals surface area (Å²) in [5, 5.41) is 21.9. The summed E-state index contributed by atoms with van der Waals surface area (Å²) < 4.78 is 1.32. The molecule has 9 heteroatoms.